The highest BCUT2D eigenvalue weighted by Crippen LogP contribution is 2.27. The molecule has 0 aliphatic heterocycles. The first-order valence-corrected chi connectivity index (χ1v) is 10.2. The Morgan fingerprint density at radius 2 is 1.66 bits per heavy atom. The molecule has 0 fully saturated rings. The maximum absolute atomic E-state index is 11.9. The lowest BCUT2D eigenvalue weighted by atomic mass is 9.92. The van der Waals surface area contributed by atoms with Crippen molar-refractivity contribution in [2.24, 2.45) is 0 Å². The normalized spacial score (nSPS) is 12.6. The summed E-state index contributed by atoms with van der Waals surface area (Å²) in [6, 6.07) is 11.9. The molecular formula is C23H30N2O4. The highest BCUT2D eigenvalue weighted by Gasteiger charge is 2.10. The third-order valence-corrected chi connectivity index (χ3v) is 5.12. The second-order valence-corrected chi connectivity index (χ2v) is 7.11. The topological polar surface area (TPSA) is 68.8 Å². The van der Waals surface area contributed by atoms with Gasteiger partial charge in [0.2, 0.25) is 0 Å². The average molecular weight is 399 g/mol. The van der Waals surface area contributed by atoms with Crippen molar-refractivity contribution in [3.8, 4) is 17.2 Å². The summed E-state index contributed by atoms with van der Waals surface area (Å²) >= 11 is 0. The third-order valence-electron chi connectivity index (χ3n) is 5.12. The molecule has 6 heteroatoms. The first kappa shape index (κ1) is 20.8. The van der Waals surface area contributed by atoms with Crippen molar-refractivity contribution in [2.75, 3.05) is 33.9 Å². The van der Waals surface area contributed by atoms with Crippen LogP contribution >= 0.6 is 0 Å². The van der Waals surface area contributed by atoms with Crippen LogP contribution in [0.4, 0.5) is 4.79 Å². The van der Waals surface area contributed by atoms with E-state index in [-0.39, 0.29) is 6.03 Å². The largest absolute Gasteiger partial charge is 0.493 e. The Morgan fingerprint density at radius 1 is 0.897 bits per heavy atom. The van der Waals surface area contributed by atoms with Gasteiger partial charge in [-0.25, -0.2) is 4.79 Å². The Hall–Kier alpha value is -2.89. The molecule has 1 aliphatic carbocycles. The minimum absolute atomic E-state index is 0.195. The van der Waals surface area contributed by atoms with Crippen LogP contribution in [0.2, 0.25) is 0 Å². The standard InChI is InChI=1S/C23H30N2O4/c1-27-21-10-7-17(15-22(21)28-2)11-12-24-23(26)25-13-14-29-20-9-8-18-5-3-4-6-19(18)16-20/h7-10,15-16H,3-6,11-14H2,1-2H3,(H2,24,25,26). The zero-order chi connectivity index (χ0) is 20.5. The second-order valence-electron chi connectivity index (χ2n) is 7.11. The molecule has 156 valence electrons. The van der Waals surface area contributed by atoms with E-state index in [1.54, 1.807) is 14.2 Å². The van der Waals surface area contributed by atoms with Crippen molar-refractivity contribution in [3.63, 3.8) is 0 Å². The van der Waals surface area contributed by atoms with Crippen LogP contribution in [0.5, 0.6) is 17.2 Å². The summed E-state index contributed by atoms with van der Waals surface area (Å²) in [6.45, 7) is 1.44. The number of hydrogen-bond donors (Lipinski definition) is 2. The van der Waals surface area contributed by atoms with E-state index in [1.807, 2.05) is 24.3 Å². The van der Waals surface area contributed by atoms with Crippen LogP contribution in [-0.4, -0.2) is 39.9 Å². The molecule has 0 saturated heterocycles. The van der Waals surface area contributed by atoms with Crippen molar-refractivity contribution in [3.05, 3.63) is 53.1 Å². The molecule has 0 heterocycles. The van der Waals surface area contributed by atoms with Crippen molar-refractivity contribution < 1.29 is 19.0 Å². The molecule has 29 heavy (non-hydrogen) atoms. The molecule has 0 spiro atoms. The predicted octanol–water partition coefficient (Wildman–Crippen LogP) is 3.50. The molecule has 0 atom stereocenters. The van der Waals surface area contributed by atoms with Gasteiger partial charge in [0.1, 0.15) is 12.4 Å². The highest BCUT2D eigenvalue weighted by atomic mass is 16.5. The lowest BCUT2D eigenvalue weighted by Crippen LogP contribution is -2.38. The Balaban J connectivity index is 1.33. The quantitative estimate of drug-likeness (QED) is 0.635. The first-order valence-electron chi connectivity index (χ1n) is 10.2. The smallest absolute Gasteiger partial charge is 0.314 e. The number of benzene rings is 2. The number of hydrogen-bond acceptors (Lipinski definition) is 4. The molecule has 3 rings (SSSR count). The van der Waals surface area contributed by atoms with Gasteiger partial charge in [-0.05, 0) is 73.1 Å². The zero-order valence-electron chi connectivity index (χ0n) is 17.3. The minimum atomic E-state index is -0.195. The number of aryl methyl sites for hydroxylation is 2. The zero-order valence-corrected chi connectivity index (χ0v) is 17.3. The fourth-order valence-electron chi connectivity index (χ4n) is 3.55. The number of amides is 2. The number of fused-ring (bicyclic) bond motifs is 1. The fourth-order valence-corrected chi connectivity index (χ4v) is 3.55. The van der Waals surface area contributed by atoms with E-state index < -0.39 is 0 Å². The van der Waals surface area contributed by atoms with Gasteiger partial charge in [-0.15, -0.1) is 0 Å². The third kappa shape index (κ3) is 6.04. The Kier molecular flexibility index (Phi) is 7.61. The average Bonchev–Trinajstić information content (AvgIpc) is 2.76. The summed E-state index contributed by atoms with van der Waals surface area (Å²) in [6.07, 6.45) is 5.53. The number of carbonyl (C=O) groups excluding carboxylic acids is 1. The molecule has 2 aromatic carbocycles. The van der Waals surface area contributed by atoms with Crippen LogP contribution < -0.4 is 24.8 Å². The van der Waals surface area contributed by atoms with Crippen LogP contribution in [0.3, 0.4) is 0 Å². The van der Waals surface area contributed by atoms with Crippen LogP contribution in [-0.2, 0) is 19.3 Å². The molecule has 0 saturated carbocycles. The van der Waals surface area contributed by atoms with Gasteiger partial charge in [-0.2, -0.15) is 0 Å². The van der Waals surface area contributed by atoms with Crippen LogP contribution in [0.15, 0.2) is 36.4 Å². The number of carbonyl (C=O) groups is 1. The molecular weight excluding hydrogens is 368 g/mol. The van der Waals surface area contributed by atoms with Crippen molar-refractivity contribution >= 4 is 6.03 Å². The van der Waals surface area contributed by atoms with E-state index in [0.717, 1.165) is 17.7 Å². The van der Waals surface area contributed by atoms with Gasteiger partial charge < -0.3 is 24.8 Å². The lowest BCUT2D eigenvalue weighted by molar-refractivity contribution is 0.236. The van der Waals surface area contributed by atoms with Gasteiger partial charge in [0, 0.05) is 6.54 Å². The monoisotopic (exact) mass is 398 g/mol. The predicted molar refractivity (Wildman–Crippen MR) is 113 cm³/mol. The summed E-state index contributed by atoms with van der Waals surface area (Å²) in [5.74, 6) is 2.26. The Labute approximate surface area is 172 Å². The van der Waals surface area contributed by atoms with Crippen molar-refractivity contribution in [1.82, 2.24) is 10.6 Å². The number of ether oxygens (including phenoxy) is 3. The van der Waals surface area contributed by atoms with Gasteiger partial charge >= 0.3 is 6.03 Å². The summed E-state index contributed by atoms with van der Waals surface area (Å²) in [5, 5.41) is 5.68. The Bertz CT molecular complexity index is 823. The van der Waals surface area contributed by atoms with E-state index in [1.165, 1.54) is 30.4 Å². The number of nitrogens with one attached hydrogen (secondary N) is 2. The summed E-state index contributed by atoms with van der Waals surface area (Å²) < 4.78 is 16.3. The lowest BCUT2D eigenvalue weighted by Gasteiger charge is -2.17. The van der Waals surface area contributed by atoms with Gasteiger partial charge in [0.15, 0.2) is 11.5 Å². The molecule has 0 unspecified atom stereocenters. The maximum atomic E-state index is 11.9. The Morgan fingerprint density at radius 3 is 2.45 bits per heavy atom. The fraction of sp³-hybridized carbons (Fsp3) is 0.435. The van der Waals surface area contributed by atoms with Crippen molar-refractivity contribution in [1.29, 1.82) is 0 Å². The SMILES string of the molecule is COc1ccc(CCNC(=O)NCCOc2ccc3c(c2)CCCC3)cc1OC. The highest BCUT2D eigenvalue weighted by molar-refractivity contribution is 5.73. The van der Waals surface area contributed by atoms with Gasteiger partial charge in [-0.3, -0.25) is 0 Å². The summed E-state index contributed by atoms with van der Waals surface area (Å²) in [5.41, 5.74) is 3.91. The van der Waals surface area contributed by atoms with Crippen LogP contribution in [0.25, 0.3) is 0 Å². The molecule has 0 aromatic heterocycles. The summed E-state index contributed by atoms with van der Waals surface area (Å²) in [7, 11) is 3.22. The molecule has 1 aliphatic rings. The number of methoxy groups -OCH3 is 2. The van der Waals surface area contributed by atoms with E-state index in [0.29, 0.717) is 37.6 Å². The summed E-state index contributed by atoms with van der Waals surface area (Å²) in [4.78, 5) is 11.9. The van der Waals surface area contributed by atoms with Gasteiger partial charge in [-0.1, -0.05) is 12.1 Å². The van der Waals surface area contributed by atoms with Crippen molar-refractivity contribution in [2.45, 2.75) is 32.1 Å². The van der Waals surface area contributed by atoms with Gasteiger partial charge in [0.05, 0.1) is 20.8 Å². The number of urea groups is 1. The van der Waals surface area contributed by atoms with Gasteiger partial charge in [0.25, 0.3) is 0 Å². The molecule has 6 nitrogen and oxygen atoms in total. The molecule has 0 bridgehead atoms. The first-order chi connectivity index (χ1) is 14.2. The number of rotatable bonds is 9. The molecule has 2 amide bonds. The van der Waals surface area contributed by atoms with E-state index in [2.05, 4.69) is 22.8 Å². The van der Waals surface area contributed by atoms with E-state index >= 15 is 0 Å². The maximum Gasteiger partial charge on any atom is 0.314 e. The van der Waals surface area contributed by atoms with E-state index in [4.69, 9.17) is 14.2 Å². The molecule has 2 N–H and O–H groups in total. The molecule has 2 aromatic rings. The second kappa shape index (κ2) is 10.6. The molecule has 0 radical (unpaired) electrons. The minimum Gasteiger partial charge on any atom is -0.493 e. The van der Waals surface area contributed by atoms with Crippen LogP contribution in [0.1, 0.15) is 29.5 Å². The van der Waals surface area contributed by atoms with E-state index in [9.17, 15) is 4.79 Å². The van der Waals surface area contributed by atoms with Crippen LogP contribution in [0, 0.1) is 0 Å².